The molecule has 8 nitrogen and oxygen atoms in total. The quantitative estimate of drug-likeness (QED) is 0.463. The van der Waals surface area contributed by atoms with Crippen molar-refractivity contribution in [1.82, 2.24) is 4.98 Å². The van der Waals surface area contributed by atoms with Crippen molar-refractivity contribution in [1.29, 1.82) is 0 Å². The smallest absolute Gasteiger partial charge is 0.223 e. The number of nitrogens with one attached hydrogen (secondary N) is 1. The highest BCUT2D eigenvalue weighted by molar-refractivity contribution is 7.15. The Morgan fingerprint density at radius 1 is 1.28 bits per heavy atom. The number of hydrogen-bond acceptors (Lipinski definition) is 8. The van der Waals surface area contributed by atoms with Crippen LogP contribution < -0.4 is 5.32 Å². The Morgan fingerprint density at radius 2 is 2.00 bits per heavy atom. The number of aromatic nitrogens is 1. The second-order valence-corrected chi connectivity index (χ2v) is 12.1. The Labute approximate surface area is 189 Å². The third kappa shape index (κ3) is 1.95. The molecule has 0 radical (unpaired) electrons. The van der Waals surface area contributed by atoms with Crippen molar-refractivity contribution < 1.29 is 29.6 Å². The molecule has 3 saturated carbocycles. The first-order valence-corrected chi connectivity index (χ1v) is 12.0. The van der Waals surface area contributed by atoms with Crippen molar-refractivity contribution in [3.8, 4) is 0 Å². The van der Waals surface area contributed by atoms with E-state index in [9.17, 15) is 24.9 Å². The number of aliphatic hydroxyl groups excluding tert-OH is 2. The van der Waals surface area contributed by atoms with Crippen LogP contribution in [-0.2, 0) is 26.2 Å². The van der Waals surface area contributed by atoms with Crippen LogP contribution in [0.25, 0.3) is 0 Å². The Hall–Kier alpha value is -1.65. The van der Waals surface area contributed by atoms with E-state index in [4.69, 9.17) is 9.72 Å². The highest BCUT2D eigenvalue weighted by atomic mass is 32.1. The number of amides is 1. The van der Waals surface area contributed by atoms with E-state index in [1.54, 1.807) is 0 Å². The lowest BCUT2D eigenvalue weighted by Crippen LogP contribution is -2.85. The molecule has 1 aromatic heterocycles. The largest absolute Gasteiger partial charge is 0.391 e. The molecule has 5 fully saturated rings. The zero-order chi connectivity index (χ0) is 23.0. The van der Waals surface area contributed by atoms with Crippen LogP contribution in [0, 0.1) is 28.6 Å². The molecule has 1 aromatic rings. The molecule has 32 heavy (non-hydrogen) atoms. The van der Waals surface area contributed by atoms with Crippen LogP contribution in [0.1, 0.15) is 44.2 Å². The first-order valence-electron chi connectivity index (χ1n) is 11.2. The number of aliphatic hydroxyl groups is 3. The molecule has 172 valence electrons. The van der Waals surface area contributed by atoms with Gasteiger partial charge in [-0.1, -0.05) is 20.4 Å². The summed E-state index contributed by atoms with van der Waals surface area (Å²) in [6, 6.07) is 0. The minimum absolute atomic E-state index is 0.0917. The molecule has 7 rings (SSSR count). The van der Waals surface area contributed by atoms with Crippen molar-refractivity contribution >= 4 is 28.2 Å². The van der Waals surface area contributed by atoms with Gasteiger partial charge in [0.05, 0.1) is 18.4 Å². The Bertz CT molecular complexity index is 1100. The molecule has 8 atom stereocenters. The van der Waals surface area contributed by atoms with Gasteiger partial charge in [-0.3, -0.25) is 9.59 Å². The van der Waals surface area contributed by atoms with Gasteiger partial charge in [-0.25, -0.2) is 4.98 Å². The van der Waals surface area contributed by atoms with Crippen molar-refractivity contribution in [2.45, 2.75) is 63.4 Å². The number of anilines is 1. The number of ether oxygens (including phenoxy) is 1. The average Bonchev–Trinajstić information content (AvgIpc) is 3.12. The number of nitrogens with zero attached hydrogens (tertiary/aromatic N) is 1. The van der Waals surface area contributed by atoms with Gasteiger partial charge in [0, 0.05) is 29.1 Å². The molecular formula is C23H28N2O6S. The molecular weight excluding hydrogens is 432 g/mol. The standard InChI is InChI=1S/C23H28N2O6S/c1-9-11-5-6-13-21-8-31-23(30,22(13,16(9)27)17(11)28)18(29)14(21)20(3,4)7-12-15(21)25-19(32-12)24-10(2)26/h11,13-14,17-18,28-30H,1,5-8H2,2-4H3,(H,24,25,26)/t11?,13?,14?,17-,18+,21+,22+,23+/m1/s1. The summed E-state index contributed by atoms with van der Waals surface area (Å²) in [6.07, 6.45) is -0.781. The molecule has 9 heteroatoms. The maximum Gasteiger partial charge on any atom is 0.223 e. The zero-order valence-electron chi connectivity index (χ0n) is 18.3. The molecule has 4 bridgehead atoms. The molecule has 0 aromatic carbocycles. The van der Waals surface area contributed by atoms with Crippen LogP contribution in [0.4, 0.5) is 5.13 Å². The second kappa shape index (κ2) is 5.88. The summed E-state index contributed by atoms with van der Waals surface area (Å²) in [5.41, 5.74) is -1.97. The average molecular weight is 461 g/mol. The second-order valence-electron chi connectivity index (χ2n) is 11.0. The van der Waals surface area contributed by atoms with Gasteiger partial charge in [0.1, 0.15) is 11.5 Å². The van der Waals surface area contributed by atoms with Crippen LogP contribution in [0.2, 0.25) is 0 Å². The first-order chi connectivity index (χ1) is 14.9. The molecule has 4 aliphatic carbocycles. The van der Waals surface area contributed by atoms with Gasteiger partial charge in [0.2, 0.25) is 11.7 Å². The number of carbonyl (C=O) groups excluding carboxylic acids is 2. The summed E-state index contributed by atoms with van der Waals surface area (Å²) in [5, 5.41) is 38.2. The number of ketones is 1. The number of rotatable bonds is 1. The maximum atomic E-state index is 13.7. The minimum atomic E-state index is -2.19. The predicted octanol–water partition coefficient (Wildman–Crippen LogP) is 1.14. The van der Waals surface area contributed by atoms with Crippen molar-refractivity contribution in [3.05, 3.63) is 22.7 Å². The fourth-order valence-corrected chi connectivity index (χ4v) is 9.64. The van der Waals surface area contributed by atoms with Crippen molar-refractivity contribution in [2.24, 2.45) is 28.6 Å². The minimum Gasteiger partial charge on any atom is -0.391 e. The van der Waals surface area contributed by atoms with E-state index in [-0.39, 0.29) is 12.5 Å². The molecule has 2 saturated heterocycles. The van der Waals surface area contributed by atoms with E-state index in [0.717, 1.165) is 10.6 Å². The predicted molar refractivity (Wildman–Crippen MR) is 115 cm³/mol. The molecule has 2 spiro atoms. The van der Waals surface area contributed by atoms with Gasteiger partial charge in [-0.05, 0) is 36.2 Å². The van der Waals surface area contributed by atoms with Gasteiger partial charge in [0.15, 0.2) is 10.9 Å². The lowest BCUT2D eigenvalue weighted by Gasteiger charge is -2.73. The Morgan fingerprint density at radius 3 is 2.69 bits per heavy atom. The lowest BCUT2D eigenvalue weighted by molar-refractivity contribution is -0.429. The molecule has 4 N–H and O–H groups in total. The monoisotopic (exact) mass is 460 g/mol. The van der Waals surface area contributed by atoms with Crippen LogP contribution in [-0.4, -0.2) is 56.6 Å². The van der Waals surface area contributed by atoms with E-state index in [1.807, 2.05) is 0 Å². The van der Waals surface area contributed by atoms with Gasteiger partial charge < -0.3 is 25.4 Å². The van der Waals surface area contributed by atoms with Gasteiger partial charge in [-0.2, -0.15) is 0 Å². The highest BCUT2D eigenvalue weighted by Gasteiger charge is 2.86. The Kier molecular flexibility index (Phi) is 3.84. The van der Waals surface area contributed by atoms with Crippen LogP contribution in [0.3, 0.4) is 0 Å². The summed E-state index contributed by atoms with van der Waals surface area (Å²) in [6.45, 7) is 9.57. The molecule has 3 unspecified atom stereocenters. The number of Topliss-reactive ketones (excluding diaryl/α,β-unsaturated/α-hetero) is 1. The fraction of sp³-hybridized carbons (Fsp3) is 0.696. The summed E-state index contributed by atoms with van der Waals surface area (Å²) < 4.78 is 6.02. The van der Waals surface area contributed by atoms with Gasteiger partial charge in [-0.15, -0.1) is 11.3 Å². The molecule has 3 heterocycles. The Balaban J connectivity index is 1.65. The maximum absolute atomic E-state index is 13.7. The number of carbonyl (C=O) groups is 2. The fourth-order valence-electron chi connectivity index (χ4n) is 8.30. The summed E-state index contributed by atoms with van der Waals surface area (Å²) in [7, 11) is 0. The molecule has 1 amide bonds. The van der Waals surface area contributed by atoms with Gasteiger partial charge >= 0.3 is 0 Å². The SMILES string of the molecule is C=C1C(=O)[C@@]23C(CCC1[C@H]2O)[C@@]12CO[C@@]3(O)[C@@H](O)C1C(C)(C)Cc1sc(NC(C)=O)nc12. The van der Waals surface area contributed by atoms with E-state index < -0.39 is 57.8 Å². The van der Waals surface area contributed by atoms with Crippen LogP contribution in [0.15, 0.2) is 12.2 Å². The number of thiazole rings is 1. The van der Waals surface area contributed by atoms with E-state index in [1.165, 1.54) is 18.3 Å². The molecule has 2 aliphatic heterocycles. The van der Waals surface area contributed by atoms with Crippen molar-refractivity contribution in [2.75, 3.05) is 11.9 Å². The summed E-state index contributed by atoms with van der Waals surface area (Å²) >= 11 is 1.40. The molecule has 6 aliphatic rings. The highest BCUT2D eigenvalue weighted by Crippen LogP contribution is 2.75. The topological polar surface area (TPSA) is 129 Å². The van der Waals surface area contributed by atoms with Gasteiger partial charge in [0.25, 0.3) is 0 Å². The first kappa shape index (κ1) is 20.9. The van der Waals surface area contributed by atoms with E-state index in [2.05, 4.69) is 25.7 Å². The lowest BCUT2D eigenvalue weighted by atomic mass is 9.36. The normalized spacial score (nSPS) is 47.6. The number of fused-ring (bicyclic) bond motifs is 3. The summed E-state index contributed by atoms with van der Waals surface area (Å²) in [5.74, 6) is -4.17. The third-order valence-electron chi connectivity index (χ3n) is 9.18. The number of hydrogen-bond donors (Lipinski definition) is 4. The summed E-state index contributed by atoms with van der Waals surface area (Å²) in [4.78, 5) is 31.2. The van der Waals surface area contributed by atoms with E-state index >= 15 is 0 Å². The zero-order valence-corrected chi connectivity index (χ0v) is 19.2. The van der Waals surface area contributed by atoms with Crippen molar-refractivity contribution in [3.63, 3.8) is 0 Å². The van der Waals surface area contributed by atoms with Crippen LogP contribution in [0.5, 0.6) is 0 Å². The van der Waals surface area contributed by atoms with Crippen LogP contribution >= 0.6 is 11.3 Å². The van der Waals surface area contributed by atoms with E-state index in [0.29, 0.717) is 30.0 Å². The third-order valence-corrected chi connectivity index (χ3v) is 10.1.